The van der Waals surface area contributed by atoms with E-state index in [2.05, 4.69) is 5.32 Å². The minimum atomic E-state index is -1.81. The van der Waals surface area contributed by atoms with Crippen molar-refractivity contribution in [1.82, 2.24) is 14.9 Å². The normalized spacial score (nSPS) is 29.8. The fourth-order valence-corrected chi connectivity index (χ4v) is 4.12. The number of furan rings is 1. The van der Waals surface area contributed by atoms with Crippen molar-refractivity contribution in [1.29, 1.82) is 0 Å². The van der Waals surface area contributed by atoms with Crippen LogP contribution in [0.1, 0.15) is 12.0 Å². The summed E-state index contributed by atoms with van der Waals surface area (Å²) in [6.45, 7) is -0.761. The van der Waals surface area contributed by atoms with E-state index in [0.29, 0.717) is 5.76 Å². The van der Waals surface area contributed by atoms with Gasteiger partial charge in [0.05, 0.1) is 19.4 Å². The number of amides is 2. The zero-order valence-corrected chi connectivity index (χ0v) is 19.6. The first-order valence-electron chi connectivity index (χ1n) is 11.4. The van der Waals surface area contributed by atoms with Crippen molar-refractivity contribution >= 4 is 11.8 Å². The maximum Gasteiger partial charge on any atom is 0.330 e. The number of aromatic amines is 1. The van der Waals surface area contributed by atoms with E-state index in [9.17, 15) is 39.6 Å². The number of ether oxygens (including phenoxy) is 3. The van der Waals surface area contributed by atoms with Gasteiger partial charge >= 0.3 is 5.69 Å². The number of carbonyl (C=O) groups is 2. The molecule has 0 bridgehead atoms. The van der Waals surface area contributed by atoms with Gasteiger partial charge in [0.1, 0.15) is 30.2 Å². The van der Waals surface area contributed by atoms with Gasteiger partial charge in [0.15, 0.2) is 18.1 Å². The summed E-state index contributed by atoms with van der Waals surface area (Å²) in [5.41, 5.74) is 3.85. The second kappa shape index (κ2) is 11.3. The molecule has 16 heteroatoms. The van der Waals surface area contributed by atoms with Crippen molar-refractivity contribution in [3.8, 4) is 0 Å². The second-order valence-electron chi connectivity index (χ2n) is 8.57. The van der Waals surface area contributed by atoms with E-state index in [1.165, 1.54) is 6.26 Å². The number of nitrogens with one attached hydrogen (secondary N) is 2. The maximum absolute atomic E-state index is 12.5. The summed E-state index contributed by atoms with van der Waals surface area (Å²) in [7, 11) is 0. The number of nitrogens with two attached hydrogens (primary N) is 1. The van der Waals surface area contributed by atoms with Gasteiger partial charge in [-0.2, -0.15) is 0 Å². The Morgan fingerprint density at radius 3 is 2.61 bits per heavy atom. The third-order valence-corrected chi connectivity index (χ3v) is 6.07. The smallest absolute Gasteiger partial charge is 0.330 e. The maximum atomic E-state index is 12.5. The molecule has 2 aromatic rings. The quantitative estimate of drug-likeness (QED) is 0.162. The van der Waals surface area contributed by atoms with Crippen LogP contribution in [0.25, 0.3) is 0 Å². The van der Waals surface area contributed by atoms with Gasteiger partial charge in [-0.3, -0.25) is 23.9 Å². The fraction of sp³-hybridized carbons (Fsp3) is 0.455. The first-order valence-corrected chi connectivity index (χ1v) is 11.4. The lowest BCUT2D eigenvalue weighted by atomic mass is 9.94. The molecule has 0 aromatic carbocycles. The van der Waals surface area contributed by atoms with Gasteiger partial charge < -0.3 is 50.1 Å². The van der Waals surface area contributed by atoms with Crippen molar-refractivity contribution in [3.63, 3.8) is 0 Å². The van der Waals surface area contributed by atoms with Crippen LogP contribution in [0.4, 0.5) is 0 Å². The van der Waals surface area contributed by atoms with E-state index < -0.39 is 84.4 Å². The molecule has 8 N–H and O–H groups in total. The van der Waals surface area contributed by atoms with Crippen molar-refractivity contribution in [3.05, 3.63) is 69.1 Å². The third-order valence-electron chi connectivity index (χ3n) is 6.07. The predicted octanol–water partition coefficient (Wildman–Crippen LogP) is -3.85. The zero-order chi connectivity index (χ0) is 27.6. The molecule has 2 aliphatic heterocycles. The summed E-state index contributed by atoms with van der Waals surface area (Å²) in [4.78, 5) is 50.5. The summed E-state index contributed by atoms with van der Waals surface area (Å²) < 4.78 is 22.5. The number of H-pyrrole nitrogens is 1. The Hall–Kier alpha value is -3.80. The summed E-state index contributed by atoms with van der Waals surface area (Å²) in [5, 5.41) is 43.7. The van der Waals surface area contributed by atoms with Crippen LogP contribution in [0, 0.1) is 5.92 Å². The molecule has 4 rings (SSSR count). The number of carbonyl (C=O) groups excluding carboxylic acids is 2. The highest BCUT2D eigenvalue weighted by Gasteiger charge is 2.51. The highest BCUT2D eigenvalue weighted by molar-refractivity contribution is 5.91. The number of rotatable bonds is 9. The van der Waals surface area contributed by atoms with Crippen LogP contribution in [-0.2, 0) is 30.3 Å². The van der Waals surface area contributed by atoms with Gasteiger partial charge in [-0.15, -0.1) is 0 Å². The van der Waals surface area contributed by atoms with E-state index >= 15 is 0 Å². The van der Waals surface area contributed by atoms with Crippen LogP contribution in [0.15, 0.2) is 56.5 Å². The fourth-order valence-electron chi connectivity index (χ4n) is 4.12. The number of nitrogens with zero attached hydrogens (tertiary/aromatic N) is 1. The molecule has 206 valence electrons. The number of hydrogen-bond donors (Lipinski definition) is 7. The van der Waals surface area contributed by atoms with Gasteiger partial charge in [0.2, 0.25) is 12.2 Å². The predicted molar refractivity (Wildman–Crippen MR) is 121 cm³/mol. The van der Waals surface area contributed by atoms with Crippen molar-refractivity contribution in [2.45, 2.75) is 49.6 Å². The van der Waals surface area contributed by atoms with E-state index in [1.807, 2.05) is 4.98 Å². The van der Waals surface area contributed by atoms with E-state index in [0.717, 1.165) is 22.9 Å². The number of primary amides is 1. The molecule has 1 fully saturated rings. The molecule has 8 atom stereocenters. The Balaban J connectivity index is 1.52. The third kappa shape index (κ3) is 5.54. The second-order valence-corrected chi connectivity index (χ2v) is 8.57. The lowest BCUT2D eigenvalue weighted by molar-refractivity contribution is -0.239. The van der Waals surface area contributed by atoms with Gasteiger partial charge in [0.25, 0.3) is 11.5 Å². The SMILES string of the molecule is NC(=O)[C@H](O[C@H]1OC(C(=O)NCc2ccco2)=C[C@H](O)[C@@H]1O)[C@H]1O[C@@H](n2ccc(=O)[nH]c2=O)[C@H](O)[C@@H]1CO. The number of aliphatic hydroxyl groups excluding tert-OH is 4. The molecular formula is C22H26N4O12. The number of aromatic nitrogens is 2. The van der Waals surface area contributed by atoms with Crippen molar-refractivity contribution < 1.29 is 48.6 Å². The minimum Gasteiger partial charge on any atom is -0.467 e. The molecule has 1 saturated heterocycles. The average Bonchev–Trinajstić information content (AvgIpc) is 3.50. The average molecular weight is 538 g/mol. The number of aliphatic hydroxyl groups is 4. The monoisotopic (exact) mass is 538 g/mol. The summed E-state index contributed by atoms with van der Waals surface area (Å²) in [6.07, 6.45) is -8.16. The lowest BCUT2D eigenvalue weighted by Gasteiger charge is -2.35. The summed E-state index contributed by atoms with van der Waals surface area (Å²) >= 11 is 0. The Kier molecular flexibility index (Phi) is 8.10. The van der Waals surface area contributed by atoms with Crippen LogP contribution < -0.4 is 22.3 Å². The zero-order valence-electron chi connectivity index (χ0n) is 19.6. The first-order chi connectivity index (χ1) is 18.1. The summed E-state index contributed by atoms with van der Waals surface area (Å²) in [6, 6.07) is 4.23. The minimum absolute atomic E-state index is 0.0158. The molecule has 0 radical (unpaired) electrons. The molecule has 0 spiro atoms. The Morgan fingerprint density at radius 2 is 1.97 bits per heavy atom. The van der Waals surface area contributed by atoms with E-state index in [-0.39, 0.29) is 6.54 Å². The Morgan fingerprint density at radius 1 is 1.21 bits per heavy atom. The first kappa shape index (κ1) is 27.2. The molecule has 2 aliphatic rings. The lowest BCUT2D eigenvalue weighted by Crippen LogP contribution is -2.53. The highest BCUT2D eigenvalue weighted by Crippen LogP contribution is 2.36. The standard InChI is InChI=1S/C22H26N4O12/c23-18(32)17(16-10(8-27)14(30)20(37-16)26-4-3-13(29)25-22(26)34)38-21-15(31)11(28)6-12(36-21)19(33)24-7-9-2-1-5-35-9/h1-6,10-11,14-17,20-21,27-28,30-31H,7-8H2,(H2,23,32)(H,24,33)(H,25,29,34)/t10-,11-,14+,15-,16-,17+,20+,21+/m0/s1. The van der Waals surface area contributed by atoms with Gasteiger partial charge in [0, 0.05) is 18.2 Å². The Labute approximate surface area is 212 Å². The van der Waals surface area contributed by atoms with Crippen LogP contribution >= 0.6 is 0 Å². The van der Waals surface area contributed by atoms with Gasteiger partial charge in [-0.1, -0.05) is 0 Å². The van der Waals surface area contributed by atoms with Gasteiger partial charge in [-0.05, 0) is 18.2 Å². The van der Waals surface area contributed by atoms with Crippen molar-refractivity contribution in [2.24, 2.45) is 11.7 Å². The molecular weight excluding hydrogens is 512 g/mol. The van der Waals surface area contributed by atoms with E-state index in [1.54, 1.807) is 12.1 Å². The van der Waals surface area contributed by atoms with Gasteiger partial charge in [-0.25, -0.2) is 4.79 Å². The molecule has 4 heterocycles. The largest absolute Gasteiger partial charge is 0.467 e. The molecule has 0 saturated carbocycles. The molecule has 0 unspecified atom stereocenters. The highest BCUT2D eigenvalue weighted by atomic mass is 16.7. The number of hydrogen-bond acceptors (Lipinski definition) is 12. The van der Waals surface area contributed by atoms with Crippen LogP contribution in [0.5, 0.6) is 0 Å². The van der Waals surface area contributed by atoms with Crippen LogP contribution in [-0.4, -0.2) is 85.2 Å². The van der Waals surface area contributed by atoms with Crippen LogP contribution in [0.2, 0.25) is 0 Å². The topological polar surface area (TPSA) is 249 Å². The molecule has 2 aromatic heterocycles. The van der Waals surface area contributed by atoms with Crippen molar-refractivity contribution in [2.75, 3.05) is 6.61 Å². The molecule has 0 aliphatic carbocycles. The Bertz CT molecular complexity index is 1290. The summed E-state index contributed by atoms with van der Waals surface area (Å²) in [5.74, 6) is -3.20. The molecule has 16 nitrogen and oxygen atoms in total. The molecule has 2 amide bonds. The molecule has 38 heavy (non-hydrogen) atoms. The van der Waals surface area contributed by atoms with E-state index in [4.69, 9.17) is 24.4 Å². The van der Waals surface area contributed by atoms with Crippen LogP contribution in [0.3, 0.4) is 0 Å².